The fourth-order valence-corrected chi connectivity index (χ4v) is 1.81. The topological polar surface area (TPSA) is 51.2 Å². The number of rotatable bonds is 3. The van der Waals surface area contributed by atoms with Crippen LogP contribution < -0.4 is 5.32 Å². The molecule has 98 valence electrons. The Hall–Kier alpha value is -1.78. The molecule has 0 atom stereocenters. The lowest BCUT2D eigenvalue weighted by atomic mass is 10.2. The summed E-state index contributed by atoms with van der Waals surface area (Å²) in [7, 11) is 1.32. The van der Waals surface area contributed by atoms with Gasteiger partial charge in [-0.2, -0.15) is 0 Å². The highest BCUT2D eigenvalue weighted by Gasteiger charge is 2.08. The van der Waals surface area contributed by atoms with Gasteiger partial charge in [0.25, 0.3) is 0 Å². The van der Waals surface area contributed by atoms with Crippen LogP contribution in [0.3, 0.4) is 0 Å². The van der Waals surface area contributed by atoms with E-state index < -0.39 is 5.97 Å². The largest absolute Gasteiger partial charge is 0.465 e. The number of benzene rings is 1. The second-order valence-electron chi connectivity index (χ2n) is 3.67. The van der Waals surface area contributed by atoms with E-state index in [1.165, 1.54) is 13.3 Å². The molecule has 1 aromatic carbocycles. The van der Waals surface area contributed by atoms with E-state index in [9.17, 15) is 4.79 Å². The molecule has 0 fully saturated rings. The molecule has 19 heavy (non-hydrogen) atoms. The number of pyridine rings is 1. The highest BCUT2D eigenvalue weighted by molar-refractivity contribution is 6.35. The van der Waals surface area contributed by atoms with Crippen molar-refractivity contribution in [1.29, 1.82) is 0 Å². The maximum Gasteiger partial charge on any atom is 0.338 e. The molecule has 0 aliphatic carbocycles. The number of hydrogen-bond donors (Lipinski definition) is 1. The van der Waals surface area contributed by atoms with Crippen molar-refractivity contribution < 1.29 is 9.53 Å². The molecule has 0 aliphatic rings. The molecular formula is C13H10Cl2N2O2. The third kappa shape index (κ3) is 3.36. The molecule has 0 amide bonds. The fourth-order valence-electron chi connectivity index (χ4n) is 1.47. The number of carbonyl (C=O) groups excluding carboxylic acids is 1. The molecule has 4 nitrogen and oxygen atoms in total. The first-order valence-corrected chi connectivity index (χ1v) is 6.12. The highest BCUT2D eigenvalue weighted by atomic mass is 35.5. The average Bonchev–Trinajstić information content (AvgIpc) is 2.42. The molecule has 0 saturated carbocycles. The summed E-state index contributed by atoms with van der Waals surface area (Å²) in [5.41, 5.74) is 1.02. The summed E-state index contributed by atoms with van der Waals surface area (Å²) in [6.45, 7) is 0. The SMILES string of the molecule is COC(=O)c1ccnc(Nc2cc(Cl)ccc2Cl)c1. The molecule has 2 aromatic rings. The first kappa shape index (κ1) is 13.6. The first-order valence-electron chi connectivity index (χ1n) is 5.36. The lowest BCUT2D eigenvalue weighted by molar-refractivity contribution is 0.0600. The number of anilines is 2. The Kier molecular flexibility index (Phi) is 4.24. The van der Waals surface area contributed by atoms with E-state index in [0.29, 0.717) is 27.1 Å². The molecule has 0 bridgehead atoms. The van der Waals surface area contributed by atoms with Crippen LogP contribution >= 0.6 is 23.2 Å². The minimum atomic E-state index is -0.428. The van der Waals surface area contributed by atoms with Crippen molar-refractivity contribution in [2.45, 2.75) is 0 Å². The Labute approximate surface area is 120 Å². The number of ether oxygens (including phenoxy) is 1. The molecule has 1 aromatic heterocycles. The van der Waals surface area contributed by atoms with Crippen LogP contribution in [0.1, 0.15) is 10.4 Å². The Balaban J connectivity index is 2.28. The fraction of sp³-hybridized carbons (Fsp3) is 0.0769. The molecular weight excluding hydrogens is 287 g/mol. The van der Waals surface area contributed by atoms with Crippen molar-refractivity contribution in [3.8, 4) is 0 Å². The van der Waals surface area contributed by atoms with Gasteiger partial charge in [0.15, 0.2) is 0 Å². The molecule has 6 heteroatoms. The maximum absolute atomic E-state index is 11.4. The van der Waals surface area contributed by atoms with Crippen molar-refractivity contribution in [2.24, 2.45) is 0 Å². The summed E-state index contributed by atoms with van der Waals surface area (Å²) in [6, 6.07) is 8.18. The summed E-state index contributed by atoms with van der Waals surface area (Å²) < 4.78 is 4.64. The van der Waals surface area contributed by atoms with Gasteiger partial charge >= 0.3 is 5.97 Å². The van der Waals surface area contributed by atoms with Gasteiger partial charge in [-0.1, -0.05) is 23.2 Å². The smallest absolute Gasteiger partial charge is 0.338 e. The molecule has 0 aliphatic heterocycles. The van der Waals surface area contributed by atoms with E-state index in [1.54, 1.807) is 30.3 Å². The molecule has 0 spiro atoms. The molecule has 0 saturated heterocycles. The Morgan fingerprint density at radius 3 is 2.79 bits per heavy atom. The number of aromatic nitrogens is 1. The van der Waals surface area contributed by atoms with Crippen molar-refractivity contribution in [3.63, 3.8) is 0 Å². The molecule has 2 rings (SSSR count). The van der Waals surface area contributed by atoms with Gasteiger partial charge in [0, 0.05) is 11.2 Å². The first-order chi connectivity index (χ1) is 9.10. The van der Waals surface area contributed by atoms with Crippen LogP contribution in [0.5, 0.6) is 0 Å². The summed E-state index contributed by atoms with van der Waals surface area (Å²) in [4.78, 5) is 15.5. The monoisotopic (exact) mass is 296 g/mol. The number of hydrogen-bond acceptors (Lipinski definition) is 4. The zero-order chi connectivity index (χ0) is 13.8. The van der Waals surface area contributed by atoms with Gasteiger partial charge < -0.3 is 10.1 Å². The normalized spacial score (nSPS) is 10.1. The number of carbonyl (C=O) groups is 1. The van der Waals surface area contributed by atoms with E-state index >= 15 is 0 Å². The van der Waals surface area contributed by atoms with E-state index in [4.69, 9.17) is 23.2 Å². The van der Waals surface area contributed by atoms with Gasteiger partial charge in [0.2, 0.25) is 0 Å². The van der Waals surface area contributed by atoms with Gasteiger partial charge in [-0.05, 0) is 30.3 Å². The third-order valence-electron chi connectivity index (χ3n) is 2.37. The van der Waals surface area contributed by atoms with Gasteiger partial charge in [-0.25, -0.2) is 9.78 Å². The van der Waals surface area contributed by atoms with E-state index in [-0.39, 0.29) is 0 Å². The van der Waals surface area contributed by atoms with Crippen LogP contribution in [0.25, 0.3) is 0 Å². The molecule has 1 N–H and O–H groups in total. The maximum atomic E-state index is 11.4. The second kappa shape index (κ2) is 5.91. The van der Waals surface area contributed by atoms with Gasteiger partial charge in [-0.15, -0.1) is 0 Å². The summed E-state index contributed by atoms with van der Waals surface area (Å²) in [6.07, 6.45) is 1.51. The zero-order valence-corrected chi connectivity index (χ0v) is 11.5. The molecule has 1 heterocycles. The van der Waals surface area contributed by atoms with E-state index in [2.05, 4.69) is 15.0 Å². The van der Waals surface area contributed by atoms with Crippen LogP contribution in [-0.2, 0) is 4.74 Å². The minimum Gasteiger partial charge on any atom is -0.465 e. The van der Waals surface area contributed by atoms with E-state index in [1.807, 2.05) is 0 Å². The summed E-state index contributed by atoms with van der Waals surface area (Å²) in [5, 5.41) is 4.06. The number of halogens is 2. The van der Waals surface area contributed by atoms with Gasteiger partial charge in [-0.3, -0.25) is 0 Å². The van der Waals surface area contributed by atoms with Crippen molar-refractivity contribution >= 4 is 40.7 Å². The van der Waals surface area contributed by atoms with Crippen LogP contribution in [0.15, 0.2) is 36.5 Å². The minimum absolute atomic E-state index is 0.401. The van der Waals surface area contributed by atoms with Crippen LogP contribution in [-0.4, -0.2) is 18.1 Å². The van der Waals surface area contributed by atoms with Crippen LogP contribution in [0, 0.1) is 0 Å². The van der Waals surface area contributed by atoms with Gasteiger partial charge in [0.1, 0.15) is 5.82 Å². The lowest BCUT2D eigenvalue weighted by Gasteiger charge is -2.08. The summed E-state index contributed by atoms with van der Waals surface area (Å²) >= 11 is 11.9. The predicted octanol–water partition coefficient (Wildman–Crippen LogP) is 3.92. The molecule has 0 radical (unpaired) electrons. The molecule has 0 unspecified atom stereocenters. The highest BCUT2D eigenvalue weighted by Crippen LogP contribution is 2.27. The lowest BCUT2D eigenvalue weighted by Crippen LogP contribution is -2.03. The van der Waals surface area contributed by atoms with Crippen LogP contribution in [0.2, 0.25) is 10.0 Å². The number of nitrogens with one attached hydrogen (secondary N) is 1. The van der Waals surface area contributed by atoms with Crippen LogP contribution in [0.4, 0.5) is 11.5 Å². The number of esters is 1. The van der Waals surface area contributed by atoms with Crippen molar-refractivity contribution in [1.82, 2.24) is 4.98 Å². The summed E-state index contributed by atoms with van der Waals surface area (Å²) in [5.74, 6) is 0.0507. The Morgan fingerprint density at radius 2 is 2.05 bits per heavy atom. The van der Waals surface area contributed by atoms with Gasteiger partial charge in [0.05, 0.1) is 23.4 Å². The van der Waals surface area contributed by atoms with E-state index in [0.717, 1.165) is 0 Å². The standard InChI is InChI=1S/C13H10Cl2N2O2/c1-19-13(18)8-4-5-16-12(6-8)17-11-7-9(14)2-3-10(11)15/h2-7H,1H3,(H,16,17). The number of nitrogens with zero attached hydrogens (tertiary/aromatic N) is 1. The third-order valence-corrected chi connectivity index (χ3v) is 2.94. The number of methoxy groups -OCH3 is 1. The van der Waals surface area contributed by atoms with Crippen molar-refractivity contribution in [3.05, 3.63) is 52.1 Å². The zero-order valence-electron chi connectivity index (χ0n) is 9.98. The Morgan fingerprint density at radius 1 is 1.26 bits per heavy atom. The quantitative estimate of drug-likeness (QED) is 0.872. The predicted molar refractivity (Wildman–Crippen MR) is 75.3 cm³/mol. The Bertz CT molecular complexity index is 617. The average molecular weight is 297 g/mol. The second-order valence-corrected chi connectivity index (χ2v) is 4.51. The van der Waals surface area contributed by atoms with Crippen molar-refractivity contribution in [2.75, 3.05) is 12.4 Å².